The first-order valence-electron chi connectivity index (χ1n) is 7.91. The largest absolute Gasteiger partial charge is 0.484 e. The molecule has 0 aliphatic carbocycles. The summed E-state index contributed by atoms with van der Waals surface area (Å²) in [6.07, 6.45) is 0. The number of nitrogens with one attached hydrogen (secondary N) is 1. The van der Waals surface area contributed by atoms with Gasteiger partial charge in [-0.05, 0) is 49.2 Å². The van der Waals surface area contributed by atoms with Crippen molar-refractivity contribution in [3.8, 4) is 5.75 Å². The molecule has 0 saturated heterocycles. The second-order valence-electron chi connectivity index (χ2n) is 5.92. The van der Waals surface area contributed by atoms with Crippen LogP contribution in [0.3, 0.4) is 0 Å². The van der Waals surface area contributed by atoms with Gasteiger partial charge < -0.3 is 14.6 Å². The summed E-state index contributed by atoms with van der Waals surface area (Å²) in [6.45, 7) is 4.43. The lowest BCUT2D eigenvalue weighted by atomic mass is 10.2. The first-order chi connectivity index (χ1) is 11.5. The number of rotatable bonds is 5. The summed E-state index contributed by atoms with van der Waals surface area (Å²) in [7, 11) is 1.99. The van der Waals surface area contributed by atoms with Crippen LogP contribution < -0.4 is 10.1 Å². The van der Waals surface area contributed by atoms with Gasteiger partial charge >= 0.3 is 0 Å². The van der Waals surface area contributed by atoms with E-state index in [2.05, 4.69) is 10.3 Å². The van der Waals surface area contributed by atoms with Crippen LogP contribution in [0.2, 0.25) is 0 Å². The van der Waals surface area contributed by atoms with Crippen LogP contribution in [-0.2, 0) is 18.4 Å². The molecule has 1 aromatic heterocycles. The van der Waals surface area contributed by atoms with Gasteiger partial charge in [-0.15, -0.1) is 0 Å². The molecule has 1 N–H and O–H groups in total. The zero-order valence-corrected chi connectivity index (χ0v) is 14.2. The lowest BCUT2D eigenvalue weighted by Crippen LogP contribution is -2.28. The third-order valence-electron chi connectivity index (χ3n) is 4.02. The molecule has 0 aliphatic heterocycles. The van der Waals surface area contributed by atoms with Gasteiger partial charge in [0.25, 0.3) is 5.91 Å². The zero-order chi connectivity index (χ0) is 17.1. The molecule has 2 aromatic carbocycles. The highest BCUT2D eigenvalue weighted by Gasteiger charge is 2.07. The van der Waals surface area contributed by atoms with E-state index in [9.17, 15) is 4.79 Å². The fraction of sp³-hybridized carbons (Fsp3) is 0.263. The Morgan fingerprint density at radius 2 is 2.04 bits per heavy atom. The Morgan fingerprint density at radius 1 is 1.21 bits per heavy atom. The molecule has 0 aliphatic rings. The Hall–Kier alpha value is -2.82. The highest BCUT2D eigenvalue weighted by molar-refractivity contribution is 5.79. The average molecular weight is 323 g/mol. The van der Waals surface area contributed by atoms with E-state index in [0.29, 0.717) is 12.3 Å². The van der Waals surface area contributed by atoms with Crippen LogP contribution in [0.5, 0.6) is 5.75 Å². The number of carbonyl (C=O) groups is 1. The molecule has 0 fully saturated rings. The van der Waals surface area contributed by atoms with E-state index < -0.39 is 0 Å². The number of hydrogen-bond acceptors (Lipinski definition) is 3. The van der Waals surface area contributed by atoms with Crippen molar-refractivity contribution < 1.29 is 9.53 Å². The van der Waals surface area contributed by atoms with Crippen molar-refractivity contribution in [1.29, 1.82) is 0 Å². The fourth-order valence-corrected chi connectivity index (χ4v) is 2.58. The fourth-order valence-electron chi connectivity index (χ4n) is 2.58. The first kappa shape index (κ1) is 16.1. The summed E-state index contributed by atoms with van der Waals surface area (Å²) in [4.78, 5) is 16.5. The van der Waals surface area contributed by atoms with Crippen molar-refractivity contribution in [1.82, 2.24) is 14.9 Å². The van der Waals surface area contributed by atoms with E-state index in [1.165, 1.54) is 0 Å². The molecule has 0 saturated carbocycles. The van der Waals surface area contributed by atoms with Crippen LogP contribution in [0.4, 0.5) is 0 Å². The quantitative estimate of drug-likeness (QED) is 0.785. The van der Waals surface area contributed by atoms with Gasteiger partial charge in [0.2, 0.25) is 0 Å². The molecule has 1 amide bonds. The summed E-state index contributed by atoms with van der Waals surface area (Å²) in [5.74, 6) is 1.53. The van der Waals surface area contributed by atoms with Crippen molar-refractivity contribution in [3.05, 3.63) is 59.4 Å². The molecule has 5 heteroatoms. The third-order valence-corrected chi connectivity index (χ3v) is 4.02. The summed E-state index contributed by atoms with van der Waals surface area (Å²) in [5, 5.41) is 2.87. The van der Waals surface area contributed by atoms with Gasteiger partial charge in [0.15, 0.2) is 6.61 Å². The highest BCUT2D eigenvalue weighted by Crippen LogP contribution is 2.16. The maximum absolute atomic E-state index is 11.9. The maximum atomic E-state index is 11.9. The van der Waals surface area contributed by atoms with Crippen LogP contribution in [-0.4, -0.2) is 22.1 Å². The number of imidazole rings is 1. The van der Waals surface area contributed by atoms with Crippen LogP contribution in [0.15, 0.2) is 42.5 Å². The lowest BCUT2D eigenvalue weighted by Gasteiger charge is -2.08. The molecule has 0 bridgehead atoms. The minimum absolute atomic E-state index is 0.00833. The van der Waals surface area contributed by atoms with E-state index >= 15 is 0 Å². The van der Waals surface area contributed by atoms with E-state index in [1.54, 1.807) is 0 Å². The summed E-state index contributed by atoms with van der Waals surface area (Å²) in [6, 6.07) is 13.7. The molecule has 3 rings (SSSR count). The average Bonchev–Trinajstić information content (AvgIpc) is 2.85. The van der Waals surface area contributed by atoms with Gasteiger partial charge in [0, 0.05) is 13.6 Å². The number of fused-ring (bicyclic) bond motifs is 1. The molecule has 24 heavy (non-hydrogen) atoms. The van der Waals surface area contributed by atoms with E-state index in [-0.39, 0.29) is 12.5 Å². The van der Waals surface area contributed by atoms with Gasteiger partial charge in [-0.25, -0.2) is 4.98 Å². The van der Waals surface area contributed by atoms with Gasteiger partial charge in [-0.2, -0.15) is 0 Å². The predicted octanol–water partition coefficient (Wildman–Crippen LogP) is 2.89. The van der Waals surface area contributed by atoms with Crippen molar-refractivity contribution >= 4 is 16.9 Å². The minimum atomic E-state index is -0.145. The number of ether oxygens (including phenoxy) is 1. The zero-order valence-electron chi connectivity index (χ0n) is 14.2. The van der Waals surface area contributed by atoms with Gasteiger partial charge in [-0.3, -0.25) is 4.79 Å². The van der Waals surface area contributed by atoms with Crippen LogP contribution in [0.1, 0.15) is 17.0 Å². The van der Waals surface area contributed by atoms with E-state index in [1.807, 2.05) is 67.9 Å². The highest BCUT2D eigenvalue weighted by atomic mass is 16.5. The van der Waals surface area contributed by atoms with Crippen LogP contribution >= 0.6 is 0 Å². The Bertz CT molecular complexity index is 883. The summed E-state index contributed by atoms with van der Waals surface area (Å²) < 4.78 is 7.55. The second-order valence-corrected chi connectivity index (χ2v) is 5.92. The smallest absolute Gasteiger partial charge is 0.258 e. The number of carbonyl (C=O) groups excluding carboxylic acids is 1. The molecule has 0 spiro atoms. The summed E-state index contributed by atoms with van der Waals surface area (Å²) >= 11 is 0. The van der Waals surface area contributed by atoms with E-state index in [4.69, 9.17) is 4.74 Å². The third kappa shape index (κ3) is 3.56. The number of aromatic nitrogens is 2. The molecule has 0 atom stereocenters. The maximum Gasteiger partial charge on any atom is 0.258 e. The Balaban J connectivity index is 1.56. The van der Waals surface area contributed by atoms with Gasteiger partial charge in [0.05, 0.1) is 11.0 Å². The Morgan fingerprint density at radius 3 is 2.83 bits per heavy atom. The molecule has 1 heterocycles. The predicted molar refractivity (Wildman–Crippen MR) is 94.0 cm³/mol. The Labute approximate surface area is 141 Å². The first-order valence-corrected chi connectivity index (χ1v) is 7.91. The number of amides is 1. The molecule has 124 valence electrons. The van der Waals surface area contributed by atoms with Crippen LogP contribution in [0.25, 0.3) is 11.0 Å². The van der Waals surface area contributed by atoms with Gasteiger partial charge in [0.1, 0.15) is 11.6 Å². The second kappa shape index (κ2) is 6.74. The van der Waals surface area contributed by atoms with E-state index in [0.717, 1.165) is 28.0 Å². The van der Waals surface area contributed by atoms with Crippen molar-refractivity contribution in [2.24, 2.45) is 7.05 Å². The molecule has 0 radical (unpaired) electrons. The SMILES string of the molecule is Cc1cccc(OCC(=O)NCc2ccc3c(c2)nc(C)n3C)c1. The number of benzene rings is 2. The van der Waals surface area contributed by atoms with Crippen molar-refractivity contribution in [2.45, 2.75) is 20.4 Å². The normalized spacial score (nSPS) is 10.8. The Kier molecular flexibility index (Phi) is 4.51. The topological polar surface area (TPSA) is 56.1 Å². The lowest BCUT2D eigenvalue weighted by molar-refractivity contribution is -0.123. The monoisotopic (exact) mass is 323 g/mol. The molecular formula is C19H21N3O2. The standard InChI is InChI=1S/C19H21N3O2/c1-13-5-4-6-16(9-13)24-12-19(23)20-11-15-7-8-18-17(10-15)21-14(2)22(18)3/h4-10H,11-12H2,1-3H3,(H,20,23). The number of aryl methyl sites for hydroxylation is 3. The number of hydrogen-bond donors (Lipinski definition) is 1. The number of nitrogens with zero attached hydrogens (tertiary/aromatic N) is 2. The van der Waals surface area contributed by atoms with Gasteiger partial charge in [-0.1, -0.05) is 18.2 Å². The van der Waals surface area contributed by atoms with Crippen LogP contribution in [0, 0.1) is 13.8 Å². The minimum Gasteiger partial charge on any atom is -0.484 e. The summed E-state index contributed by atoms with van der Waals surface area (Å²) in [5.41, 5.74) is 4.15. The molecular weight excluding hydrogens is 302 g/mol. The van der Waals surface area contributed by atoms with Crippen molar-refractivity contribution in [2.75, 3.05) is 6.61 Å². The molecule has 3 aromatic rings. The molecule has 0 unspecified atom stereocenters. The molecule has 5 nitrogen and oxygen atoms in total. The van der Waals surface area contributed by atoms with Crippen molar-refractivity contribution in [3.63, 3.8) is 0 Å².